The van der Waals surface area contributed by atoms with Crippen molar-refractivity contribution in [1.82, 2.24) is 4.90 Å². The molecular weight excluding hydrogens is 390 g/mol. The molecule has 29 heavy (non-hydrogen) atoms. The number of rotatable bonds is 5. The largest absolute Gasteiger partial charge is 0.326 e. The molecule has 0 bridgehead atoms. The van der Waals surface area contributed by atoms with Gasteiger partial charge in [-0.05, 0) is 54.1 Å². The van der Waals surface area contributed by atoms with Crippen molar-refractivity contribution in [3.05, 3.63) is 64.6 Å². The highest BCUT2D eigenvalue weighted by Gasteiger charge is 2.36. The summed E-state index contributed by atoms with van der Waals surface area (Å²) in [6.07, 6.45) is 1.59. The molecule has 0 spiro atoms. The van der Waals surface area contributed by atoms with Crippen molar-refractivity contribution in [3.63, 3.8) is 0 Å². The Morgan fingerprint density at radius 1 is 1.03 bits per heavy atom. The lowest BCUT2D eigenvalue weighted by Gasteiger charge is -2.13. The smallest absolute Gasteiger partial charge is 0.294 e. The van der Waals surface area contributed by atoms with E-state index in [-0.39, 0.29) is 17.4 Å². The van der Waals surface area contributed by atoms with Gasteiger partial charge in [-0.3, -0.25) is 24.1 Å². The number of nitrogens with one attached hydrogen (secondary N) is 2. The second-order valence-electron chi connectivity index (χ2n) is 6.43. The number of amides is 4. The number of thioether (sulfide) groups is 1. The quantitative estimate of drug-likeness (QED) is 0.736. The van der Waals surface area contributed by atoms with Gasteiger partial charge in [-0.2, -0.15) is 0 Å². The van der Waals surface area contributed by atoms with Crippen LogP contribution < -0.4 is 10.6 Å². The van der Waals surface area contributed by atoms with Crippen LogP contribution >= 0.6 is 11.8 Å². The van der Waals surface area contributed by atoms with Crippen LogP contribution in [0.15, 0.2) is 53.4 Å². The van der Waals surface area contributed by atoms with Crippen LogP contribution in [0.5, 0.6) is 0 Å². The Morgan fingerprint density at radius 2 is 1.72 bits per heavy atom. The summed E-state index contributed by atoms with van der Waals surface area (Å²) in [5.41, 5.74) is 2.86. The van der Waals surface area contributed by atoms with Gasteiger partial charge in [-0.15, -0.1) is 0 Å². The van der Waals surface area contributed by atoms with Crippen LogP contribution in [0.4, 0.5) is 16.2 Å². The number of nitrogens with zero attached hydrogens (tertiary/aromatic N) is 1. The highest BCUT2D eigenvalue weighted by atomic mass is 32.2. The highest BCUT2D eigenvalue weighted by molar-refractivity contribution is 8.18. The minimum Gasteiger partial charge on any atom is -0.326 e. The van der Waals surface area contributed by atoms with Crippen molar-refractivity contribution in [2.75, 3.05) is 17.2 Å². The van der Waals surface area contributed by atoms with E-state index in [0.717, 1.165) is 22.2 Å². The summed E-state index contributed by atoms with van der Waals surface area (Å²) < 4.78 is 0. The Hall–Kier alpha value is -3.39. The molecule has 2 aromatic rings. The number of carbonyl (C=O) groups excluding carboxylic acids is 4. The average molecular weight is 409 g/mol. The number of aryl methyl sites for hydroxylation is 1. The summed E-state index contributed by atoms with van der Waals surface area (Å²) in [6, 6.07) is 14.1. The molecule has 0 atom stereocenters. The van der Waals surface area contributed by atoms with Gasteiger partial charge in [0.05, 0.1) is 4.91 Å². The van der Waals surface area contributed by atoms with E-state index in [1.54, 1.807) is 42.5 Å². The second-order valence-corrected chi connectivity index (χ2v) is 7.43. The molecule has 3 rings (SSSR count). The maximum atomic E-state index is 12.6. The summed E-state index contributed by atoms with van der Waals surface area (Å²) in [4.78, 5) is 49.3. The zero-order valence-corrected chi connectivity index (χ0v) is 16.7. The summed E-state index contributed by atoms with van der Waals surface area (Å²) in [7, 11) is 0. The standard InChI is InChI=1S/C21H19N3O4S/c1-13-5-3-4-6-17(13)23-19(26)12-24-20(27)18(29-21(24)28)11-15-7-9-16(10-8-15)22-14(2)25/h3-11H,12H2,1-2H3,(H,22,25)(H,23,26)/b18-11-. The highest BCUT2D eigenvalue weighted by Crippen LogP contribution is 2.32. The van der Waals surface area contributed by atoms with Gasteiger partial charge in [0.2, 0.25) is 11.8 Å². The Kier molecular flexibility index (Phi) is 6.13. The SMILES string of the molecule is CC(=O)Nc1ccc(/C=C2\SC(=O)N(CC(=O)Nc3ccccc3C)C2=O)cc1. The zero-order chi connectivity index (χ0) is 21.0. The fraction of sp³-hybridized carbons (Fsp3) is 0.143. The molecule has 1 fully saturated rings. The molecular formula is C21H19N3O4S. The Labute approximate surface area is 172 Å². The van der Waals surface area contributed by atoms with Gasteiger partial charge in [0.25, 0.3) is 11.1 Å². The first kappa shape index (κ1) is 20.3. The normalized spacial score (nSPS) is 15.0. The van der Waals surface area contributed by atoms with Crippen molar-refractivity contribution >= 4 is 52.2 Å². The fourth-order valence-corrected chi connectivity index (χ4v) is 3.54. The van der Waals surface area contributed by atoms with Gasteiger partial charge in [0.15, 0.2) is 0 Å². The molecule has 1 saturated heterocycles. The fourth-order valence-electron chi connectivity index (χ4n) is 2.70. The van der Waals surface area contributed by atoms with Gasteiger partial charge >= 0.3 is 0 Å². The topological polar surface area (TPSA) is 95.6 Å². The minimum atomic E-state index is -0.508. The van der Waals surface area contributed by atoms with E-state index in [4.69, 9.17) is 0 Å². The molecule has 0 aromatic heterocycles. The zero-order valence-electron chi connectivity index (χ0n) is 15.9. The first-order valence-corrected chi connectivity index (χ1v) is 9.63. The predicted molar refractivity (Wildman–Crippen MR) is 113 cm³/mol. The number of carbonyl (C=O) groups is 4. The Morgan fingerprint density at radius 3 is 2.38 bits per heavy atom. The van der Waals surface area contributed by atoms with E-state index in [1.807, 2.05) is 19.1 Å². The number of hydrogen-bond acceptors (Lipinski definition) is 5. The number of imide groups is 1. The van der Waals surface area contributed by atoms with Gasteiger partial charge in [-0.25, -0.2) is 0 Å². The monoisotopic (exact) mass is 409 g/mol. The van der Waals surface area contributed by atoms with Gasteiger partial charge < -0.3 is 10.6 Å². The summed E-state index contributed by atoms with van der Waals surface area (Å²) >= 11 is 0.792. The van der Waals surface area contributed by atoms with Crippen molar-refractivity contribution in [1.29, 1.82) is 0 Å². The van der Waals surface area contributed by atoms with Crippen molar-refractivity contribution in [2.24, 2.45) is 0 Å². The van der Waals surface area contributed by atoms with Crippen LogP contribution in [0.25, 0.3) is 6.08 Å². The van der Waals surface area contributed by atoms with Crippen molar-refractivity contribution in [3.8, 4) is 0 Å². The molecule has 2 N–H and O–H groups in total. The van der Waals surface area contributed by atoms with Crippen LogP contribution in [0, 0.1) is 6.92 Å². The molecule has 0 unspecified atom stereocenters. The first-order valence-electron chi connectivity index (χ1n) is 8.82. The van der Waals surface area contributed by atoms with Crippen LogP contribution in [0.3, 0.4) is 0 Å². The molecule has 0 radical (unpaired) electrons. The second kappa shape index (κ2) is 8.74. The van der Waals surface area contributed by atoms with E-state index >= 15 is 0 Å². The Bertz CT molecular complexity index is 1010. The summed E-state index contributed by atoms with van der Waals surface area (Å²) in [5.74, 6) is -1.13. The maximum absolute atomic E-state index is 12.6. The molecule has 1 aliphatic heterocycles. The number of anilines is 2. The van der Waals surface area contributed by atoms with Crippen molar-refractivity contribution in [2.45, 2.75) is 13.8 Å². The Balaban J connectivity index is 1.67. The molecule has 148 valence electrons. The van der Waals surface area contributed by atoms with Gasteiger partial charge in [0.1, 0.15) is 6.54 Å². The van der Waals surface area contributed by atoms with Crippen LogP contribution in [-0.4, -0.2) is 34.4 Å². The number of benzene rings is 2. The third-order valence-corrected chi connectivity index (χ3v) is 5.03. The molecule has 4 amide bonds. The van der Waals surface area contributed by atoms with Gasteiger partial charge in [-0.1, -0.05) is 30.3 Å². The molecule has 2 aromatic carbocycles. The lowest BCUT2D eigenvalue weighted by Crippen LogP contribution is -2.36. The summed E-state index contributed by atoms with van der Waals surface area (Å²) in [6.45, 7) is 2.92. The number of para-hydroxylation sites is 1. The van der Waals surface area contributed by atoms with Gasteiger partial charge in [0, 0.05) is 18.3 Å². The molecule has 1 heterocycles. The number of hydrogen-bond donors (Lipinski definition) is 2. The first-order chi connectivity index (χ1) is 13.8. The molecule has 8 heteroatoms. The maximum Gasteiger partial charge on any atom is 0.294 e. The van der Waals surface area contributed by atoms with Crippen LogP contribution in [0.1, 0.15) is 18.1 Å². The molecule has 0 aliphatic carbocycles. The minimum absolute atomic E-state index is 0.178. The van der Waals surface area contributed by atoms with E-state index < -0.39 is 17.1 Å². The lowest BCUT2D eigenvalue weighted by atomic mass is 10.2. The third-order valence-electron chi connectivity index (χ3n) is 4.12. The predicted octanol–water partition coefficient (Wildman–Crippen LogP) is 3.63. The van der Waals surface area contributed by atoms with E-state index in [0.29, 0.717) is 16.9 Å². The third kappa shape index (κ3) is 5.11. The molecule has 0 saturated carbocycles. The van der Waals surface area contributed by atoms with E-state index in [1.165, 1.54) is 6.92 Å². The van der Waals surface area contributed by atoms with E-state index in [2.05, 4.69) is 10.6 Å². The molecule has 7 nitrogen and oxygen atoms in total. The van der Waals surface area contributed by atoms with E-state index in [9.17, 15) is 19.2 Å². The van der Waals surface area contributed by atoms with Crippen molar-refractivity contribution < 1.29 is 19.2 Å². The lowest BCUT2D eigenvalue weighted by molar-refractivity contribution is -0.127. The van der Waals surface area contributed by atoms with Crippen LogP contribution in [-0.2, 0) is 14.4 Å². The average Bonchev–Trinajstić information content (AvgIpc) is 2.92. The van der Waals surface area contributed by atoms with Crippen LogP contribution in [0.2, 0.25) is 0 Å². The summed E-state index contributed by atoms with van der Waals surface area (Å²) in [5, 5.41) is 4.88. The molecule has 1 aliphatic rings.